The van der Waals surface area contributed by atoms with E-state index in [4.69, 9.17) is 8.37 Å². The van der Waals surface area contributed by atoms with Crippen LogP contribution in [0.5, 0.6) is 0 Å². The Morgan fingerprint density at radius 3 is 1.67 bits per heavy atom. The lowest BCUT2D eigenvalue weighted by atomic mass is 9.95. The average molecular weight is 409 g/mol. The Bertz CT molecular complexity index is 780. The third-order valence-electron chi connectivity index (χ3n) is 3.59. The molecule has 3 rings (SSSR count). The molecule has 10 heteroatoms. The zero-order chi connectivity index (χ0) is 17.2. The maximum absolute atomic E-state index is 12.2. The van der Waals surface area contributed by atoms with Crippen LogP contribution in [0.1, 0.15) is 25.7 Å². The van der Waals surface area contributed by atoms with E-state index in [2.05, 4.69) is 0 Å². The molecular formula is C14H16O6S4. The summed E-state index contributed by atoms with van der Waals surface area (Å²) in [6.07, 6.45) is 0.848. The van der Waals surface area contributed by atoms with Crippen LogP contribution in [0.15, 0.2) is 43.4 Å². The van der Waals surface area contributed by atoms with Crippen LogP contribution in [0.3, 0.4) is 0 Å². The Hall–Kier alpha value is -0.780. The molecule has 0 spiro atoms. The van der Waals surface area contributed by atoms with Crippen molar-refractivity contribution >= 4 is 42.9 Å². The summed E-state index contributed by atoms with van der Waals surface area (Å²) in [7, 11) is -7.62. The van der Waals surface area contributed by atoms with E-state index >= 15 is 0 Å². The summed E-state index contributed by atoms with van der Waals surface area (Å²) in [5.74, 6) is 0. The van der Waals surface area contributed by atoms with Gasteiger partial charge in [-0.1, -0.05) is 12.1 Å². The molecule has 1 aliphatic rings. The predicted octanol–water partition coefficient (Wildman–Crippen LogP) is 3.23. The first-order chi connectivity index (χ1) is 11.4. The molecule has 0 saturated heterocycles. The first kappa shape index (κ1) is 18.0. The molecule has 1 aliphatic carbocycles. The van der Waals surface area contributed by atoms with E-state index in [1.165, 1.54) is 12.1 Å². The fraction of sp³-hybridized carbons (Fsp3) is 0.429. The minimum atomic E-state index is -3.81. The van der Waals surface area contributed by atoms with Crippen LogP contribution >= 0.6 is 22.7 Å². The summed E-state index contributed by atoms with van der Waals surface area (Å²) in [6.45, 7) is 0. The number of hydrogen-bond donors (Lipinski definition) is 0. The van der Waals surface area contributed by atoms with Crippen molar-refractivity contribution in [3.8, 4) is 0 Å². The molecule has 1 saturated carbocycles. The van der Waals surface area contributed by atoms with Gasteiger partial charge in [-0.15, -0.1) is 22.7 Å². The van der Waals surface area contributed by atoms with E-state index in [0.29, 0.717) is 19.3 Å². The van der Waals surface area contributed by atoms with Crippen molar-refractivity contribution < 1.29 is 25.2 Å². The molecule has 0 amide bonds. The molecule has 1 fully saturated rings. The molecule has 2 unspecified atom stereocenters. The lowest BCUT2D eigenvalue weighted by molar-refractivity contribution is 0.0763. The van der Waals surface area contributed by atoms with Gasteiger partial charge < -0.3 is 0 Å². The van der Waals surface area contributed by atoms with Gasteiger partial charge in [0.25, 0.3) is 0 Å². The second-order valence-corrected chi connectivity index (χ2v) is 10.9. The second-order valence-electron chi connectivity index (χ2n) is 5.38. The van der Waals surface area contributed by atoms with E-state index in [1.807, 2.05) is 0 Å². The summed E-state index contributed by atoms with van der Waals surface area (Å²) < 4.78 is 59.5. The summed E-state index contributed by atoms with van der Waals surface area (Å²) in [4.78, 5) is 0. The second kappa shape index (κ2) is 7.22. The van der Waals surface area contributed by atoms with Gasteiger partial charge in [0.15, 0.2) is 0 Å². The molecule has 2 atom stereocenters. The monoisotopic (exact) mass is 408 g/mol. The van der Waals surface area contributed by atoms with Crippen molar-refractivity contribution in [2.75, 3.05) is 0 Å². The van der Waals surface area contributed by atoms with Gasteiger partial charge in [0.1, 0.15) is 8.42 Å². The molecule has 0 aromatic carbocycles. The molecule has 24 heavy (non-hydrogen) atoms. The number of hydrogen-bond acceptors (Lipinski definition) is 8. The minimum Gasteiger partial charge on any atom is -0.262 e. The third-order valence-corrected chi connectivity index (χ3v) is 9.02. The fourth-order valence-corrected chi connectivity index (χ4v) is 6.70. The maximum atomic E-state index is 12.2. The summed E-state index contributed by atoms with van der Waals surface area (Å²) in [6, 6.07) is 6.25. The van der Waals surface area contributed by atoms with E-state index < -0.39 is 32.4 Å². The molecule has 2 heterocycles. The molecule has 132 valence electrons. The minimum absolute atomic E-state index is 0.150. The zero-order valence-corrected chi connectivity index (χ0v) is 15.8. The lowest BCUT2D eigenvalue weighted by Crippen LogP contribution is -2.31. The molecule has 0 radical (unpaired) electrons. The van der Waals surface area contributed by atoms with Crippen molar-refractivity contribution in [3.63, 3.8) is 0 Å². The van der Waals surface area contributed by atoms with E-state index in [1.54, 1.807) is 22.9 Å². The SMILES string of the molecule is O=S(=O)(OC1CCCC(OS(=O)(=O)c2cccs2)C1)c1cccs1. The summed E-state index contributed by atoms with van der Waals surface area (Å²) in [5.41, 5.74) is 0. The normalized spacial score (nSPS) is 22.5. The average Bonchev–Trinajstić information content (AvgIpc) is 3.21. The van der Waals surface area contributed by atoms with Crippen LogP contribution in [0.25, 0.3) is 0 Å². The highest BCUT2D eigenvalue weighted by molar-refractivity contribution is 7.89. The first-order valence-electron chi connectivity index (χ1n) is 7.30. The Labute approximate surface area is 149 Å². The Balaban J connectivity index is 1.65. The van der Waals surface area contributed by atoms with Gasteiger partial charge in [0.05, 0.1) is 12.2 Å². The van der Waals surface area contributed by atoms with Crippen LogP contribution in [0.4, 0.5) is 0 Å². The van der Waals surface area contributed by atoms with Crippen molar-refractivity contribution in [2.45, 2.75) is 46.3 Å². The molecule has 6 nitrogen and oxygen atoms in total. The van der Waals surface area contributed by atoms with E-state index in [-0.39, 0.29) is 14.8 Å². The zero-order valence-electron chi connectivity index (χ0n) is 12.5. The standard InChI is InChI=1S/C14H16O6S4/c15-23(16,13-6-2-8-21-13)19-11-4-1-5-12(10-11)20-24(17,18)14-7-3-9-22-14/h2-3,6-9,11-12H,1,4-5,10H2. The van der Waals surface area contributed by atoms with Gasteiger partial charge in [-0.2, -0.15) is 16.8 Å². The Kier molecular flexibility index (Phi) is 5.42. The topological polar surface area (TPSA) is 86.7 Å². The highest BCUT2D eigenvalue weighted by Crippen LogP contribution is 2.30. The first-order valence-corrected chi connectivity index (χ1v) is 11.9. The van der Waals surface area contributed by atoms with Crippen molar-refractivity contribution in [3.05, 3.63) is 35.0 Å². The quantitative estimate of drug-likeness (QED) is 0.682. The van der Waals surface area contributed by atoms with Crippen molar-refractivity contribution in [2.24, 2.45) is 0 Å². The van der Waals surface area contributed by atoms with Crippen LogP contribution in [-0.2, 0) is 28.6 Å². The largest absolute Gasteiger partial charge is 0.306 e. The highest BCUT2D eigenvalue weighted by atomic mass is 32.3. The number of rotatable bonds is 6. The maximum Gasteiger partial charge on any atom is 0.306 e. The Morgan fingerprint density at radius 1 is 0.833 bits per heavy atom. The molecule has 0 aliphatic heterocycles. The van der Waals surface area contributed by atoms with Crippen LogP contribution in [0.2, 0.25) is 0 Å². The third kappa shape index (κ3) is 4.24. The lowest BCUT2D eigenvalue weighted by Gasteiger charge is -2.27. The molecule has 2 aromatic heterocycles. The van der Waals surface area contributed by atoms with Crippen LogP contribution < -0.4 is 0 Å². The van der Waals surface area contributed by atoms with Gasteiger partial charge >= 0.3 is 20.2 Å². The molecule has 0 N–H and O–H groups in total. The van der Waals surface area contributed by atoms with Gasteiger partial charge in [-0.3, -0.25) is 8.37 Å². The van der Waals surface area contributed by atoms with Crippen LogP contribution in [-0.4, -0.2) is 29.0 Å². The molecule has 2 aromatic rings. The van der Waals surface area contributed by atoms with Crippen molar-refractivity contribution in [1.29, 1.82) is 0 Å². The smallest absolute Gasteiger partial charge is 0.262 e. The fourth-order valence-electron chi connectivity index (χ4n) is 2.54. The van der Waals surface area contributed by atoms with E-state index in [9.17, 15) is 16.8 Å². The van der Waals surface area contributed by atoms with Gasteiger partial charge in [0, 0.05) is 6.42 Å². The van der Waals surface area contributed by atoms with Gasteiger partial charge in [0.2, 0.25) is 0 Å². The molecular weight excluding hydrogens is 392 g/mol. The summed E-state index contributed by atoms with van der Waals surface area (Å²) >= 11 is 2.18. The predicted molar refractivity (Wildman–Crippen MR) is 91.2 cm³/mol. The van der Waals surface area contributed by atoms with Crippen molar-refractivity contribution in [1.82, 2.24) is 0 Å². The van der Waals surface area contributed by atoms with Crippen LogP contribution in [0, 0.1) is 0 Å². The highest BCUT2D eigenvalue weighted by Gasteiger charge is 2.32. The van der Waals surface area contributed by atoms with Gasteiger partial charge in [-0.25, -0.2) is 0 Å². The van der Waals surface area contributed by atoms with E-state index in [0.717, 1.165) is 22.7 Å². The Morgan fingerprint density at radius 2 is 1.29 bits per heavy atom. The molecule has 0 bridgehead atoms. The number of thiophene rings is 2. The van der Waals surface area contributed by atoms with Gasteiger partial charge in [-0.05, 0) is 42.2 Å². The summed E-state index contributed by atoms with van der Waals surface area (Å²) in [5, 5.41) is 3.33.